The Morgan fingerprint density at radius 3 is 2.80 bits per heavy atom. The zero-order chi connectivity index (χ0) is 11.6. The molecule has 3 unspecified atom stereocenters. The molecule has 0 amide bonds. The molecule has 0 fully saturated rings. The van der Waals surface area contributed by atoms with Crippen LogP contribution in [-0.2, 0) is 4.74 Å². The van der Waals surface area contributed by atoms with E-state index < -0.39 is 0 Å². The summed E-state index contributed by atoms with van der Waals surface area (Å²) < 4.78 is 6.18. The number of nitrogens with one attached hydrogen (secondary N) is 1. The Kier molecular flexibility index (Phi) is 4.18. The molecule has 0 bridgehead atoms. The van der Waals surface area contributed by atoms with Crippen LogP contribution >= 0.6 is 27.5 Å². The van der Waals surface area contributed by atoms with Gasteiger partial charge < -0.3 is 4.74 Å². The first-order chi connectivity index (χ1) is 6.95. The van der Waals surface area contributed by atoms with Gasteiger partial charge >= 0.3 is 0 Å². The van der Waals surface area contributed by atoms with Gasteiger partial charge in [-0.15, -0.1) is 18.2 Å². The third-order valence-corrected chi connectivity index (χ3v) is 3.38. The summed E-state index contributed by atoms with van der Waals surface area (Å²) in [6.07, 6.45) is 3.55. The molecule has 1 rings (SSSR count). The molecule has 1 heterocycles. The Morgan fingerprint density at radius 1 is 1.80 bits per heavy atom. The summed E-state index contributed by atoms with van der Waals surface area (Å²) >= 11 is 9.43. The van der Waals surface area contributed by atoms with Gasteiger partial charge in [0.1, 0.15) is 11.7 Å². The van der Waals surface area contributed by atoms with Crippen LogP contribution in [0.25, 0.3) is 0 Å². The molecule has 0 aromatic heterocycles. The topological polar surface area (TPSA) is 21.3 Å². The lowest BCUT2D eigenvalue weighted by Gasteiger charge is -2.41. The predicted octanol–water partition coefficient (Wildman–Crippen LogP) is 3.15. The summed E-state index contributed by atoms with van der Waals surface area (Å²) in [6.45, 7) is 9.76. The molecule has 3 atom stereocenters. The van der Waals surface area contributed by atoms with Crippen LogP contribution < -0.4 is 5.32 Å². The van der Waals surface area contributed by atoms with Crippen molar-refractivity contribution in [2.75, 3.05) is 7.11 Å². The molecule has 4 heteroatoms. The summed E-state index contributed by atoms with van der Waals surface area (Å²) in [4.78, 5) is 0. The SMILES string of the molecule is C=CC1(C)C(C(=C)Br)=CC(Cl)NC1OC. The Bertz CT molecular complexity index is 316. The van der Waals surface area contributed by atoms with Crippen molar-refractivity contribution in [3.63, 3.8) is 0 Å². The minimum Gasteiger partial charge on any atom is -0.365 e. The van der Waals surface area contributed by atoms with Crippen LogP contribution in [0, 0.1) is 5.41 Å². The number of hydrogen-bond acceptors (Lipinski definition) is 2. The molecular formula is C11H15BrClNO. The highest BCUT2D eigenvalue weighted by Crippen LogP contribution is 2.41. The van der Waals surface area contributed by atoms with Gasteiger partial charge in [0.25, 0.3) is 0 Å². The Labute approximate surface area is 104 Å². The van der Waals surface area contributed by atoms with E-state index in [0.717, 1.165) is 10.1 Å². The normalized spacial score (nSPS) is 35.9. The minimum atomic E-state index is -0.333. The van der Waals surface area contributed by atoms with Gasteiger partial charge in [-0.3, -0.25) is 5.32 Å². The van der Waals surface area contributed by atoms with Crippen molar-refractivity contribution in [2.45, 2.75) is 18.7 Å². The quantitative estimate of drug-likeness (QED) is 0.490. The molecule has 0 aliphatic carbocycles. The van der Waals surface area contributed by atoms with E-state index in [0.29, 0.717) is 0 Å². The Hall–Kier alpha value is -0.0900. The predicted molar refractivity (Wildman–Crippen MR) is 68.0 cm³/mol. The van der Waals surface area contributed by atoms with Crippen molar-refractivity contribution in [1.82, 2.24) is 5.32 Å². The fourth-order valence-corrected chi connectivity index (χ4v) is 2.55. The fraction of sp³-hybridized carbons (Fsp3) is 0.455. The van der Waals surface area contributed by atoms with Gasteiger partial charge in [0, 0.05) is 11.6 Å². The minimum absolute atomic E-state index is 0.202. The monoisotopic (exact) mass is 291 g/mol. The summed E-state index contributed by atoms with van der Waals surface area (Å²) in [5.74, 6) is 0. The Morgan fingerprint density at radius 2 is 2.40 bits per heavy atom. The summed E-state index contributed by atoms with van der Waals surface area (Å²) in [5.41, 5.74) is 0.413. The Balaban J connectivity index is 3.19. The molecule has 0 saturated heterocycles. The first-order valence-corrected chi connectivity index (χ1v) is 5.82. The van der Waals surface area contributed by atoms with Crippen LogP contribution in [-0.4, -0.2) is 18.8 Å². The largest absolute Gasteiger partial charge is 0.365 e. The zero-order valence-corrected chi connectivity index (χ0v) is 11.2. The lowest BCUT2D eigenvalue weighted by atomic mass is 9.78. The molecule has 2 nitrogen and oxygen atoms in total. The third-order valence-electron chi connectivity index (χ3n) is 2.70. The molecule has 1 aliphatic heterocycles. The number of rotatable bonds is 3. The maximum atomic E-state index is 6.05. The molecule has 0 aromatic carbocycles. The molecule has 15 heavy (non-hydrogen) atoms. The fourth-order valence-electron chi connectivity index (χ4n) is 1.75. The smallest absolute Gasteiger partial charge is 0.122 e. The van der Waals surface area contributed by atoms with E-state index in [2.05, 4.69) is 34.4 Å². The number of alkyl halides is 1. The van der Waals surface area contributed by atoms with Crippen molar-refractivity contribution in [3.8, 4) is 0 Å². The van der Waals surface area contributed by atoms with Crippen LogP contribution in [0.2, 0.25) is 0 Å². The third kappa shape index (κ3) is 2.36. The average molecular weight is 293 g/mol. The first-order valence-electron chi connectivity index (χ1n) is 4.59. The number of methoxy groups -OCH3 is 1. The second-order valence-corrected chi connectivity index (χ2v) is 5.08. The van der Waals surface area contributed by atoms with E-state index in [1.165, 1.54) is 0 Å². The van der Waals surface area contributed by atoms with Gasteiger partial charge in [-0.05, 0) is 18.6 Å². The summed E-state index contributed by atoms with van der Waals surface area (Å²) in [6, 6.07) is 0. The van der Waals surface area contributed by atoms with Crippen LogP contribution in [0.1, 0.15) is 6.92 Å². The second-order valence-electron chi connectivity index (χ2n) is 3.66. The molecule has 0 radical (unpaired) electrons. The van der Waals surface area contributed by atoms with Crippen molar-refractivity contribution in [2.24, 2.45) is 5.41 Å². The standard InChI is InChI=1S/C11H15BrClNO/c1-5-11(3)8(7(2)12)6-9(13)14-10(11)15-4/h5-6,9-10,14H,1-2H2,3-4H3. The number of hydrogen-bond donors (Lipinski definition) is 1. The molecule has 84 valence electrons. The highest BCUT2D eigenvalue weighted by Gasteiger charge is 2.40. The molecular weight excluding hydrogens is 277 g/mol. The van der Waals surface area contributed by atoms with E-state index in [9.17, 15) is 0 Å². The number of ether oxygens (including phenoxy) is 1. The molecule has 0 aromatic rings. The molecule has 1 N–H and O–H groups in total. The summed E-state index contributed by atoms with van der Waals surface area (Å²) in [7, 11) is 1.64. The van der Waals surface area contributed by atoms with Gasteiger partial charge in [-0.1, -0.05) is 28.6 Å². The van der Waals surface area contributed by atoms with Gasteiger partial charge in [0.2, 0.25) is 0 Å². The lowest BCUT2D eigenvalue weighted by Crippen LogP contribution is -2.51. The van der Waals surface area contributed by atoms with Gasteiger partial charge in [0.05, 0.1) is 5.41 Å². The van der Waals surface area contributed by atoms with E-state index in [-0.39, 0.29) is 17.1 Å². The van der Waals surface area contributed by atoms with Crippen LogP contribution in [0.15, 0.2) is 35.4 Å². The molecule has 0 saturated carbocycles. The molecule has 1 aliphatic rings. The van der Waals surface area contributed by atoms with Crippen molar-refractivity contribution < 1.29 is 4.74 Å². The molecule has 0 spiro atoms. The van der Waals surface area contributed by atoms with Gasteiger partial charge in [-0.2, -0.15) is 0 Å². The van der Waals surface area contributed by atoms with E-state index in [1.807, 2.05) is 19.1 Å². The summed E-state index contributed by atoms with van der Waals surface area (Å²) in [5, 5.41) is 3.13. The van der Waals surface area contributed by atoms with E-state index >= 15 is 0 Å². The van der Waals surface area contributed by atoms with Crippen molar-refractivity contribution in [1.29, 1.82) is 0 Å². The number of allylic oxidation sites excluding steroid dienone is 1. The van der Waals surface area contributed by atoms with E-state index in [4.69, 9.17) is 16.3 Å². The van der Waals surface area contributed by atoms with Gasteiger partial charge in [0.15, 0.2) is 0 Å². The number of halogens is 2. The van der Waals surface area contributed by atoms with Crippen molar-refractivity contribution in [3.05, 3.63) is 35.4 Å². The highest BCUT2D eigenvalue weighted by atomic mass is 79.9. The van der Waals surface area contributed by atoms with Crippen LogP contribution in [0.5, 0.6) is 0 Å². The lowest BCUT2D eigenvalue weighted by molar-refractivity contribution is 0.00864. The maximum absolute atomic E-state index is 6.05. The van der Waals surface area contributed by atoms with Crippen LogP contribution in [0.4, 0.5) is 0 Å². The highest BCUT2D eigenvalue weighted by molar-refractivity contribution is 9.11. The zero-order valence-electron chi connectivity index (χ0n) is 8.89. The first kappa shape index (κ1) is 13.0. The maximum Gasteiger partial charge on any atom is 0.122 e. The average Bonchev–Trinajstić information content (AvgIpc) is 2.20. The van der Waals surface area contributed by atoms with E-state index in [1.54, 1.807) is 7.11 Å². The van der Waals surface area contributed by atoms with Crippen LogP contribution in [0.3, 0.4) is 0 Å². The van der Waals surface area contributed by atoms with Crippen molar-refractivity contribution >= 4 is 27.5 Å². The van der Waals surface area contributed by atoms with Gasteiger partial charge in [-0.25, -0.2) is 0 Å². The second kappa shape index (κ2) is 4.83.